The second kappa shape index (κ2) is 9.57. The summed E-state index contributed by atoms with van der Waals surface area (Å²) in [6.07, 6.45) is 4.09. The summed E-state index contributed by atoms with van der Waals surface area (Å²) in [6, 6.07) is 5.80. The molecular weight excluding hydrogens is 444 g/mol. The molecule has 2 fully saturated rings. The van der Waals surface area contributed by atoms with E-state index in [0.29, 0.717) is 11.4 Å². The maximum Gasteiger partial charge on any atom is 0.310 e. The van der Waals surface area contributed by atoms with Gasteiger partial charge < -0.3 is 34.2 Å². The molecule has 1 aromatic carbocycles. The molecule has 34 heavy (non-hydrogen) atoms. The van der Waals surface area contributed by atoms with Crippen LogP contribution < -0.4 is 9.64 Å². The molecule has 5 unspecified atom stereocenters. The number of methoxy groups -OCH3 is 1. The summed E-state index contributed by atoms with van der Waals surface area (Å²) in [5.74, 6) is -3.49. The fourth-order valence-corrected chi connectivity index (χ4v) is 5.16. The molecule has 4 rings (SSSR count). The number of fused-ring (bicyclic) bond motifs is 1. The van der Waals surface area contributed by atoms with Gasteiger partial charge in [0.15, 0.2) is 0 Å². The SMILES string of the molecule is C=CCN(C(=O)C1N(CCOCCO)C(=O)C2C(C(=O)O)C3C=CC21O3)c1ccc(OC)cc1. The van der Waals surface area contributed by atoms with Crippen LogP contribution in [0.3, 0.4) is 0 Å². The van der Waals surface area contributed by atoms with Crippen LogP contribution in [0.5, 0.6) is 5.75 Å². The molecule has 2 bridgehead atoms. The number of carbonyl (C=O) groups is 3. The molecule has 0 radical (unpaired) electrons. The highest BCUT2D eigenvalue weighted by atomic mass is 16.5. The van der Waals surface area contributed by atoms with Crippen LogP contribution >= 0.6 is 0 Å². The summed E-state index contributed by atoms with van der Waals surface area (Å²) in [4.78, 5) is 42.4. The highest BCUT2D eigenvalue weighted by Crippen LogP contribution is 2.55. The first-order valence-electron chi connectivity index (χ1n) is 11.0. The first kappa shape index (κ1) is 23.9. The third kappa shape index (κ3) is 3.77. The van der Waals surface area contributed by atoms with Gasteiger partial charge in [-0.15, -0.1) is 6.58 Å². The molecule has 3 aliphatic rings. The second-order valence-electron chi connectivity index (χ2n) is 8.34. The van der Waals surface area contributed by atoms with Crippen LogP contribution in [-0.2, 0) is 23.9 Å². The number of carboxylic acids is 1. The van der Waals surface area contributed by atoms with Gasteiger partial charge in [-0.2, -0.15) is 0 Å². The number of amides is 2. The number of aliphatic hydroxyl groups is 1. The molecule has 5 atom stereocenters. The van der Waals surface area contributed by atoms with Crippen LogP contribution in [0.4, 0.5) is 5.69 Å². The maximum absolute atomic E-state index is 14.0. The predicted molar refractivity (Wildman–Crippen MR) is 120 cm³/mol. The number of hydrogen-bond donors (Lipinski definition) is 2. The van der Waals surface area contributed by atoms with Crippen LogP contribution in [0.1, 0.15) is 0 Å². The van der Waals surface area contributed by atoms with Gasteiger partial charge in [0, 0.05) is 18.8 Å². The Hall–Kier alpha value is -3.21. The average Bonchev–Trinajstić information content (AvgIpc) is 3.47. The number of likely N-dealkylation sites (tertiary alicyclic amines) is 1. The van der Waals surface area contributed by atoms with Crippen LogP contribution in [0.25, 0.3) is 0 Å². The molecule has 10 nitrogen and oxygen atoms in total. The summed E-state index contributed by atoms with van der Waals surface area (Å²) in [7, 11) is 1.54. The Labute approximate surface area is 197 Å². The van der Waals surface area contributed by atoms with Crippen molar-refractivity contribution in [3.8, 4) is 5.75 Å². The summed E-state index contributed by atoms with van der Waals surface area (Å²) in [5, 5.41) is 18.8. The van der Waals surface area contributed by atoms with E-state index in [1.807, 2.05) is 0 Å². The number of carboxylic acid groups (broad SMARTS) is 1. The molecule has 2 saturated heterocycles. The third-order valence-electron chi connectivity index (χ3n) is 6.57. The topological polar surface area (TPSA) is 126 Å². The molecule has 0 saturated carbocycles. The molecular formula is C24H28N2O8. The van der Waals surface area contributed by atoms with E-state index in [4.69, 9.17) is 19.3 Å². The first-order valence-corrected chi connectivity index (χ1v) is 11.0. The van der Waals surface area contributed by atoms with Crippen molar-refractivity contribution in [1.82, 2.24) is 4.90 Å². The lowest BCUT2D eigenvalue weighted by atomic mass is 9.74. The quantitative estimate of drug-likeness (QED) is 0.351. The number of benzene rings is 1. The molecule has 0 aromatic heterocycles. The molecule has 1 spiro atoms. The minimum absolute atomic E-state index is 0.0479. The lowest BCUT2D eigenvalue weighted by Gasteiger charge is -2.35. The van der Waals surface area contributed by atoms with Crippen LogP contribution in [0.15, 0.2) is 49.1 Å². The summed E-state index contributed by atoms with van der Waals surface area (Å²) < 4.78 is 16.6. The van der Waals surface area contributed by atoms with Crippen molar-refractivity contribution < 1.29 is 38.8 Å². The van der Waals surface area contributed by atoms with E-state index < -0.39 is 47.4 Å². The molecule has 0 aliphatic carbocycles. The van der Waals surface area contributed by atoms with E-state index in [9.17, 15) is 19.5 Å². The fourth-order valence-electron chi connectivity index (χ4n) is 5.16. The lowest BCUT2D eigenvalue weighted by molar-refractivity contribution is -0.149. The number of hydrogen-bond acceptors (Lipinski definition) is 7. The van der Waals surface area contributed by atoms with Crippen LogP contribution in [0.2, 0.25) is 0 Å². The summed E-state index contributed by atoms with van der Waals surface area (Å²) in [5.41, 5.74) is -0.814. The maximum atomic E-state index is 14.0. The van der Waals surface area contributed by atoms with Gasteiger partial charge in [0.25, 0.3) is 5.91 Å². The number of aliphatic carboxylic acids is 1. The van der Waals surface area contributed by atoms with Gasteiger partial charge in [-0.25, -0.2) is 0 Å². The third-order valence-corrected chi connectivity index (χ3v) is 6.57. The number of aliphatic hydroxyl groups excluding tert-OH is 1. The molecule has 10 heteroatoms. The van der Waals surface area contributed by atoms with E-state index in [2.05, 4.69) is 6.58 Å². The minimum Gasteiger partial charge on any atom is -0.497 e. The van der Waals surface area contributed by atoms with Gasteiger partial charge in [0.1, 0.15) is 23.3 Å². The molecule has 3 aliphatic heterocycles. The zero-order valence-electron chi connectivity index (χ0n) is 18.8. The zero-order chi connectivity index (χ0) is 24.5. The average molecular weight is 472 g/mol. The Morgan fingerprint density at radius 2 is 2.03 bits per heavy atom. The molecule has 3 heterocycles. The number of carbonyl (C=O) groups excluding carboxylic acids is 2. The fraction of sp³-hybridized carbons (Fsp3) is 0.458. The summed E-state index contributed by atoms with van der Waals surface area (Å²) >= 11 is 0. The molecule has 2 amide bonds. The van der Waals surface area contributed by atoms with E-state index in [1.165, 1.54) is 9.80 Å². The standard InChI is InChI=1S/C24H28N2O8/c1-3-10-25(15-4-6-16(32-2)7-5-15)22(29)20-24-9-8-17(34-24)18(23(30)31)19(24)21(28)26(20)11-13-33-14-12-27/h3-9,17-20,27H,1,10-14H2,2H3,(H,30,31). The van der Waals surface area contributed by atoms with Gasteiger partial charge >= 0.3 is 5.97 Å². The van der Waals surface area contributed by atoms with Crippen LogP contribution in [0, 0.1) is 11.8 Å². The molecule has 182 valence electrons. The monoisotopic (exact) mass is 472 g/mol. The Balaban J connectivity index is 1.72. The van der Waals surface area contributed by atoms with Gasteiger partial charge in [-0.3, -0.25) is 14.4 Å². The second-order valence-corrected chi connectivity index (χ2v) is 8.34. The van der Waals surface area contributed by atoms with Gasteiger partial charge in [0.2, 0.25) is 5.91 Å². The highest BCUT2D eigenvalue weighted by Gasteiger charge is 2.73. The van der Waals surface area contributed by atoms with Crippen molar-refractivity contribution in [1.29, 1.82) is 0 Å². The van der Waals surface area contributed by atoms with Crippen molar-refractivity contribution in [2.24, 2.45) is 11.8 Å². The van der Waals surface area contributed by atoms with Crippen molar-refractivity contribution >= 4 is 23.5 Å². The Kier molecular flexibility index (Phi) is 6.74. The zero-order valence-corrected chi connectivity index (χ0v) is 18.8. The number of ether oxygens (including phenoxy) is 3. The number of anilines is 1. The Morgan fingerprint density at radius 3 is 2.65 bits per heavy atom. The van der Waals surface area contributed by atoms with Gasteiger partial charge in [-0.05, 0) is 24.3 Å². The van der Waals surface area contributed by atoms with E-state index in [-0.39, 0.29) is 32.9 Å². The van der Waals surface area contributed by atoms with E-state index in [0.717, 1.165) is 0 Å². The smallest absolute Gasteiger partial charge is 0.310 e. The highest BCUT2D eigenvalue weighted by molar-refractivity contribution is 6.05. The predicted octanol–water partition coefficient (Wildman–Crippen LogP) is 0.458. The molecule has 1 aromatic rings. The van der Waals surface area contributed by atoms with Crippen LogP contribution in [-0.4, -0.2) is 90.7 Å². The van der Waals surface area contributed by atoms with Crippen molar-refractivity contribution in [3.63, 3.8) is 0 Å². The van der Waals surface area contributed by atoms with Crippen molar-refractivity contribution in [2.75, 3.05) is 44.9 Å². The number of nitrogens with zero attached hydrogens (tertiary/aromatic N) is 2. The Bertz CT molecular complexity index is 993. The van der Waals surface area contributed by atoms with Crippen molar-refractivity contribution in [3.05, 3.63) is 49.1 Å². The largest absolute Gasteiger partial charge is 0.497 e. The number of rotatable bonds is 11. The van der Waals surface area contributed by atoms with Gasteiger partial charge in [-0.1, -0.05) is 18.2 Å². The Morgan fingerprint density at radius 1 is 1.29 bits per heavy atom. The first-order chi connectivity index (χ1) is 16.4. The van der Waals surface area contributed by atoms with E-state index >= 15 is 0 Å². The van der Waals surface area contributed by atoms with Gasteiger partial charge in [0.05, 0.1) is 39.0 Å². The lowest BCUT2D eigenvalue weighted by Crippen LogP contribution is -2.56. The van der Waals surface area contributed by atoms with Crippen molar-refractivity contribution in [2.45, 2.75) is 17.7 Å². The normalized spacial score (nSPS) is 28.8. The molecule has 2 N–H and O–H groups in total. The summed E-state index contributed by atoms with van der Waals surface area (Å²) in [6.45, 7) is 3.95. The minimum atomic E-state index is -1.38. The van der Waals surface area contributed by atoms with E-state index in [1.54, 1.807) is 49.6 Å².